The van der Waals surface area contributed by atoms with Crippen LogP contribution >= 0.6 is 0 Å². The van der Waals surface area contributed by atoms with Crippen molar-refractivity contribution < 1.29 is 19.2 Å². The Morgan fingerprint density at radius 2 is 2.16 bits per heavy atom. The van der Waals surface area contributed by atoms with Gasteiger partial charge in [0.25, 0.3) is 0 Å². The van der Waals surface area contributed by atoms with Gasteiger partial charge in [-0.05, 0) is 24.1 Å². The first kappa shape index (κ1) is 14.7. The molecule has 0 aliphatic heterocycles. The van der Waals surface area contributed by atoms with Gasteiger partial charge in [-0.2, -0.15) is 0 Å². The number of esters is 1. The molecule has 6 nitrogen and oxygen atoms in total. The van der Waals surface area contributed by atoms with Crippen molar-refractivity contribution in [3.8, 4) is 5.75 Å². The topological polar surface area (TPSA) is 78.7 Å². The number of hydrogen-bond donors (Lipinski definition) is 0. The molecule has 6 heteroatoms. The van der Waals surface area contributed by atoms with Crippen LogP contribution in [0.4, 0.5) is 5.69 Å². The molecule has 0 unspecified atom stereocenters. The van der Waals surface area contributed by atoms with Crippen LogP contribution in [0.15, 0.2) is 30.4 Å². The van der Waals surface area contributed by atoms with Gasteiger partial charge in [-0.1, -0.05) is 12.6 Å². The Morgan fingerprint density at radius 3 is 2.68 bits per heavy atom. The average Bonchev–Trinajstić information content (AvgIpc) is 2.36. The molecule has 0 aromatic heterocycles. The standard InChI is InChI=1S/C13H15NO5/c1-9(2)8-19-12-5-4-10(7-13(15)18-3)6-11(12)14(16)17/h4-6H,1,7-8H2,2-3H3. The van der Waals surface area contributed by atoms with Gasteiger partial charge in [0.1, 0.15) is 6.61 Å². The van der Waals surface area contributed by atoms with Gasteiger partial charge in [0, 0.05) is 6.07 Å². The van der Waals surface area contributed by atoms with Gasteiger partial charge < -0.3 is 9.47 Å². The zero-order valence-electron chi connectivity index (χ0n) is 10.8. The Hall–Kier alpha value is -2.37. The van der Waals surface area contributed by atoms with Crippen LogP contribution in [0.3, 0.4) is 0 Å². The highest BCUT2D eigenvalue weighted by Gasteiger charge is 2.17. The molecular formula is C13H15NO5. The predicted octanol–water partition coefficient (Wildman–Crippen LogP) is 2.27. The molecule has 0 radical (unpaired) electrons. The van der Waals surface area contributed by atoms with Crippen LogP contribution in [0, 0.1) is 10.1 Å². The van der Waals surface area contributed by atoms with Crippen LogP contribution in [0.1, 0.15) is 12.5 Å². The Labute approximate surface area is 110 Å². The summed E-state index contributed by atoms with van der Waals surface area (Å²) < 4.78 is 9.80. The minimum absolute atomic E-state index is 0.0158. The molecule has 0 aliphatic carbocycles. The zero-order valence-corrected chi connectivity index (χ0v) is 10.8. The van der Waals surface area contributed by atoms with Crippen LogP contribution in [0.25, 0.3) is 0 Å². The fourth-order valence-corrected chi connectivity index (χ4v) is 1.38. The Kier molecular flexibility index (Phi) is 5.05. The number of carbonyl (C=O) groups excluding carboxylic acids is 1. The normalized spacial score (nSPS) is 9.79. The van der Waals surface area contributed by atoms with E-state index in [1.54, 1.807) is 13.0 Å². The summed E-state index contributed by atoms with van der Waals surface area (Å²) in [7, 11) is 1.26. The number of benzene rings is 1. The van der Waals surface area contributed by atoms with Gasteiger partial charge in [-0.15, -0.1) is 0 Å². The van der Waals surface area contributed by atoms with E-state index in [4.69, 9.17) is 4.74 Å². The molecule has 0 atom stereocenters. The van der Waals surface area contributed by atoms with Gasteiger partial charge >= 0.3 is 11.7 Å². The molecule has 0 heterocycles. The molecule has 0 bridgehead atoms. The van der Waals surface area contributed by atoms with Crippen molar-refractivity contribution in [2.24, 2.45) is 0 Å². The quantitative estimate of drug-likeness (QED) is 0.341. The lowest BCUT2D eigenvalue weighted by molar-refractivity contribution is -0.385. The van der Waals surface area contributed by atoms with E-state index in [9.17, 15) is 14.9 Å². The second kappa shape index (κ2) is 6.53. The maximum atomic E-state index is 11.1. The molecule has 19 heavy (non-hydrogen) atoms. The first-order valence-electron chi connectivity index (χ1n) is 5.55. The monoisotopic (exact) mass is 265 g/mol. The van der Waals surface area contributed by atoms with Gasteiger partial charge in [0.05, 0.1) is 18.5 Å². The first-order chi connectivity index (χ1) is 8.93. The van der Waals surface area contributed by atoms with Gasteiger partial charge in [0.15, 0.2) is 5.75 Å². The zero-order chi connectivity index (χ0) is 14.4. The summed E-state index contributed by atoms with van der Waals surface area (Å²) in [5.41, 5.74) is 1.08. The van der Waals surface area contributed by atoms with Crippen LogP contribution < -0.4 is 4.74 Å². The molecule has 0 fully saturated rings. The molecular weight excluding hydrogens is 250 g/mol. The fraction of sp³-hybridized carbons (Fsp3) is 0.308. The van der Waals surface area contributed by atoms with Crippen LogP contribution in [-0.2, 0) is 16.0 Å². The highest BCUT2D eigenvalue weighted by Crippen LogP contribution is 2.28. The number of nitro groups is 1. The van der Waals surface area contributed by atoms with Crippen LogP contribution in [-0.4, -0.2) is 24.6 Å². The number of hydrogen-bond acceptors (Lipinski definition) is 5. The highest BCUT2D eigenvalue weighted by molar-refractivity contribution is 5.73. The third kappa shape index (κ3) is 4.42. The molecule has 102 valence electrons. The summed E-state index contributed by atoms with van der Waals surface area (Å²) in [6.07, 6.45) is -0.0158. The molecule has 0 aliphatic rings. The Bertz CT molecular complexity index is 510. The van der Waals surface area contributed by atoms with Crippen LogP contribution in [0.2, 0.25) is 0 Å². The predicted molar refractivity (Wildman–Crippen MR) is 69.1 cm³/mol. The minimum Gasteiger partial charge on any atom is -0.482 e. The largest absolute Gasteiger partial charge is 0.482 e. The fourth-order valence-electron chi connectivity index (χ4n) is 1.38. The summed E-state index contributed by atoms with van der Waals surface area (Å²) in [5.74, 6) is -0.300. The number of nitro benzene ring substituents is 1. The molecule has 0 saturated carbocycles. The van der Waals surface area contributed by atoms with E-state index in [0.29, 0.717) is 5.56 Å². The van der Waals surface area contributed by atoms with Crippen molar-refractivity contribution >= 4 is 11.7 Å². The minimum atomic E-state index is -0.547. The second-order valence-corrected chi connectivity index (χ2v) is 4.06. The highest BCUT2D eigenvalue weighted by atomic mass is 16.6. The van der Waals surface area contributed by atoms with E-state index in [1.807, 2.05) is 0 Å². The summed E-state index contributed by atoms with van der Waals surface area (Å²) in [4.78, 5) is 21.5. The maximum Gasteiger partial charge on any atom is 0.311 e. The number of carbonyl (C=O) groups is 1. The summed E-state index contributed by atoms with van der Waals surface area (Å²) in [6.45, 7) is 5.62. The molecule has 1 aromatic carbocycles. The van der Waals surface area contributed by atoms with Crippen molar-refractivity contribution in [1.29, 1.82) is 0 Å². The molecule has 0 amide bonds. The number of nitrogens with zero attached hydrogens (tertiary/aromatic N) is 1. The van der Waals surface area contributed by atoms with Crippen LogP contribution in [0.5, 0.6) is 5.75 Å². The van der Waals surface area contributed by atoms with Crippen molar-refractivity contribution in [3.05, 3.63) is 46.0 Å². The van der Waals surface area contributed by atoms with E-state index in [2.05, 4.69) is 11.3 Å². The lowest BCUT2D eigenvalue weighted by atomic mass is 10.1. The summed E-state index contributed by atoms with van der Waals surface area (Å²) in [5, 5.41) is 11.0. The van der Waals surface area contributed by atoms with E-state index >= 15 is 0 Å². The maximum absolute atomic E-state index is 11.1. The average molecular weight is 265 g/mol. The number of rotatable bonds is 6. The van der Waals surface area contributed by atoms with E-state index < -0.39 is 10.9 Å². The van der Waals surface area contributed by atoms with Crippen molar-refractivity contribution in [2.45, 2.75) is 13.3 Å². The second-order valence-electron chi connectivity index (χ2n) is 4.06. The van der Waals surface area contributed by atoms with E-state index in [1.165, 1.54) is 19.2 Å². The van der Waals surface area contributed by atoms with Crippen molar-refractivity contribution in [2.75, 3.05) is 13.7 Å². The summed E-state index contributed by atoms with van der Waals surface area (Å²) in [6, 6.07) is 4.38. The van der Waals surface area contributed by atoms with Gasteiger partial charge in [-0.25, -0.2) is 0 Å². The first-order valence-corrected chi connectivity index (χ1v) is 5.55. The lowest BCUT2D eigenvalue weighted by Crippen LogP contribution is -2.06. The van der Waals surface area contributed by atoms with Gasteiger partial charge in [0.2, 0.25) is 0 Å². The lowest BCUT2D eigenvalue weighted by Gasteiger charge is -2.07. The smallest absolute Gasteiger partial charge is 0.311 e. The molecule has 1 rings (SSSR count). The van der Waals surface area contributed by atoms with Gasteiger partial charge in [-0.3, -0.25) is 14.9 Å². The molecule has 1 aromatic rings. The van der Waals surface area contributed by atoms with Crippen molar-refractivity contribution in [1.82, 2.24) is 0 Å². The molecule has 0 N–H and O–H groups in total. The number of methoxy groups -OCH3 is 1. The SMILES string of the molecule is C=C(C)COc1ccc(CC(=O)OC)cc1[N+](=O)[O-]. The van der Waals surface area contributed by atoms with E-state index in [0.717, 1.165) is 5.57 Å². The van der Waals surface area contributed by atoms with Crippen molar-refractivity contribution in [3.63, 3.8) is 0 Å². The Morgan fingerprint density at radius 1 is 1.47 bits per heavy atom. The van der Waals surface area contributed by atoms with E-state index in [-0.39, 0.29) is 24.5 Å². The molecule has 0 saturated heterocycles. The molecule has 0 spiro atoms. The third-order valence-corrected chi connectivity index (χ3v) is 2.27. The Balaban J connectivity index is 2.97. The third-order valence-electron chi connectivity index (χ3n) is 2.27. The summed E-state index contributed by atoms with van der Waals surface area (Å²) >= 11 is 0. The number of ether oxygens (including phenoxy) is 2.